The minimum absolute atomic E-state index is 0.0826. The van der Waals surface area contributed by atoms with Crippen LogP contribution in [0.25, 0.3) is 0 Å². The number of nitrogens with one attached hydrogen (secondary N) is 1. The molecule has 9 heteroatoms. The fourth-order valence-electron chi connectivity index (χ4n) is 3.44. The monoisotopic (exact) mass is 421 g/mol. The van der Waals surface area contributed by atoms with Gasteiger partial charge in [-0.25, -0.2) is 0 Å². The first-order chi connectivity index (χ1) is 13.8. The Morgan fingerprint density at radius 1 is 1.28 bits per heavy atom. The van der Waals surface area contributed by atoms with Gasteiger partial charge in [0, 0.05) is 23.9 Å². The fourth-order valence-corrected chi connectivity index (χ4v) is 3.79. The lowest BCUT2D eigenvalue weighted by Gasteiger charge is -2.37. The Kier molecular flexibility index (Phi) is 7.55. The van der Waals surface area contributed by atoms with Gasteiger partial charge in [-0.3, -0.25) is 14.9 Å². The normalized spacial score (nSPS) is 16.5. The molecule has 1 atom stereocenters. The number of nitrogens with zero attached hydrogens (tertiary/aromatic N) is 2. The Labute approximate surface area is 176 Å². The Hall–Kier alpha value is -2.68. The van der Waals surface area contributed by atoms with Crippen LogP contribution in [0.1, 0.15) is 52.6 Å². The third-order valence-corrected chi connectivity index (χ3v) is 4.94. The number of Topliss-reactive ketones (excluding diaryl/α,β-unsaturated/α-hetero) is 1. The largest absolute Gasteiger partial charge is 0.490 e. The molecule has 1 N–H and O–H groups in total. The lowest BCUT2D eigenvalue weighted by Crippen LogP contribution is -2.47. The standard InChI is InChI=1S/C20H27N3O5S/c1-6-9-22-12(4)17(13(5)24)18(21-20(22)29)14-10-15(23(25)26)19(28-8-3)16(11-14)27-7-2/h10-11,18H,6-9H2,1-5H3,(H,21,29). The van der Waals surface area contributed by atoms with Gasteiger partial charge in [0.05, 0.1) is 24.2 Å². The lowest BCUT2D eigenvalue weighted by atomic mass is 9.91. The molecule has 0 aliphatic carbocycles. The van der Waals surface area contributed by atoms with Crippen molar-refractivity contribution in [2.24, 2.45) is 0 Å². The lowest BCUT2D eigenvalue weighted by molar-refractivity contribution is -0.386. The van der Waals surface area contributed by atoms with Crippen molar-refractivity contribution in [3.8, 4) is 11.5 Å². The molecule has 1 aromatic carbocycles. The van der Waals surface area contributed by atoms with Crippen molar-refractivity contribution < 1.29 is 19.2 Å². The Balaban J connectivity index is 2.69. The summed E-state index contributed by atoms with van der Waals surface area (Å²) in [6, 6.07) is 2.48. The Morgan fingerprint density at radius 3 is 2.45 bits per heavy atom. The summed E-state index contributed by atoms with van der Waals surface area (Å²) in [7, 11) is 0. The van der Waals surface area contributed by atoms with Crippen LogP contribution in [0, 0.1) is 10.1 Å². The number of ether oxygens (including phenoxy) is 2. The van der Waals surface area contributed by atoms with Crippen LogP contribution in [0.3, 0.4) is 0 Å². The van der Waals surface area contributed by atoms with Gasteiger partial charge in [0.25, 0.3) is 0 Å². The molecule has 1 aliphatic heterocycles. The summed E-state index contributed by atoms with van der Waals surface area (Å²) in [5, 5.41) is 15.4. The van der Waals surface area contributed by atoms with Gasteiger partial charge in [-0.2, -0.15) is 0 Å². The second kappa shape index (κ2) is 9.69. The zero-order chi connectivity index (χ0) is 21.7. The first-order valence-corrected chi connectivity index (χ1v) is 10.0. The maximum Gasteiger partial charge on any atom is 0.315 e. The van der Waals surface area contributed by atoms with Crippen molar-refractivity contribution >= 4 is 28.8 Å². The summed E-state index contributed by atoms with van der Waals surface area (Å²) in [6.45, 7) is 10.1. The molecule has 1 unspecified atom stereocenters. The van der Waals surface area contributed by atoms with E-state index in [1.165, 1.54) is 13.0 Å². The van der Waals surface area contributed by atoms with Crippen molar-refractivity contribution in [3.05, 3.63) is 39.1 Å². The number of nitro groups is 1. The van der Waals surface area contributed by atoms with Gasteiger partial charge in [-0.15, -0.1) is 0 Å². The highest BCUT2D eigenvalue weighted by Gasteiger charge is 2.34. The SMILES string of the molecule is CCCN1C(=S)NC(c2cc(OCC)c(OCC)c([N+](=O)[O-])c2)C(C(C)=O)=C1C. The van der Waals surface area contributed by atoms with E-state index in [-0.39, 0.29) is 29.6 Å². The molecule has 158 valence electrons. The second-order valence-electron chi connectivity index (χ2n) is 6.58. The highest BCUT2D eigenvalue weighted by Crippen LogP contribution is 2.42. The average Bonchev–Trinajstić information content (AvgIpc) is 2.65. The third kappa shape index (κ3) is 4.67. The molecule has 29 heavy (non-hydrogen) atoms. The van der Waals surface area contributed by atoms with Gasteiger partial charge in [0.1, 0.15) is 0 Å². The number of ketones is 1. The summed E-state index contributed by atoms with van der Waals surface area (Å²) in [5.41, 5.74) is 1.58. The van der Waals surface area contributed by atoms with E-state index in [4.69, 9.17) is 21.7 Å². The van der Waals surface area contributed by atoms with Crippen LogP contribution < -0.4 is 14.8 Å². The van der Waals surface area contributed by atoms with Crippen LogP contribution in [0.15, 0.2) is 23.4 Å². The second-order valence-corrected chi connectivity index (χ2v) is 6.97. The summed E-state index contributed by atoms with van der Waals surface area (Å²) in [6.07, 6.45) is 0.859. The third-order valence-electron chi connectivity index (χ3n) is 4.60. The van der Waals surface area contributed by atoms with Crippen molar-refractivity contribution in [3.63, 3.8) is 0 Å². The molecule has 1 heterocycles. The Morgan fingerprint density at radius 2 is 1.93 bits per heavy atom. The number of hydrogen-bond acceptors (Lipinski definition) is 6. The summed E-state index contributed by atoms with van der Waals surface area (Å²) >= 11 is 5.50. The molecule has 0 aromatic heterocycles. The van der Waals surface area contributed by atoms with Crippen LogP contribution in [0.2, 0.25) is 0 Å². The maximum absolute atomic E-state index is 12.5. The molecular formula is C20H27N3O5S. The predicted octanol–water partition coefficient (Wildman–Crippen LogP) is 3.90. The Bertz CT molecular complexity index is 853. The molecule has 0 saturated heterocycles. The van der Waals surface area contributed by atoms with Crippen molar-refractivity contribution in [1.29, 1.82) is 0 Å². The molecule has 0 spiro atoms. The van der Waals surface area contributed by atoms with Crippen molar-refractivity contribution in [2.75, 3.05) is 19.8 Å². The molecule has 0 fully saturated rings. The number of benzene rings is 1. The van der Waals surface area contributed by atoms with Gasteiger partial charge < -0.3 is 19.7 Å². The van der Waals surface area contributed by atoms with E-state index in [2.05, 4.69) is 5.32 Å². The fraction of sp³-hybridized carbons (Fsp3) is 0.500. The molecule has 1 aliphatic rings. The molecule has 0 saturated carbocycles. The van der Waals surface area contributed by atoms with Crippen molar-refractivity contribution in [2.45, 2.75) is 47.1 Å². The molecule has 0 radical (unpaired) electrons. The quantitative estimate of drug-likeness (QED) is 0.365. The number of thiocarbonyl (C=S) groups is 1. The predicted molar refractivity (Wildman–Crippen MR) is 114 cm³/mol. The van der Waals surface area contributed by atoms with E-state index in [1.54, 1.807) is 19.9 Å². The minimum atomic E-state index is -0.610. The molecule has 0 bridgehead atoms. The average molecular weight is 422 g/mol. The number of rotatable bonds is 9. The van der Waals surface area contributed by atoms with Crippen LogP contribution in [-0.2, 0) is 4.79 Å². The highest BCUT2D eigenvalue weighted by molar-refractivity contribution is 7.80. The zero-order valence-electron chi connectivity index (χ0n) is 17.4. The van der Waals surface area contributed by atoms with E-state index < -0.39 is 11.0 Å². The van der Waals surface area contributed by atoms with Gasteiger partial charge in [0.15, 0.2) is 16.6 Å². The van der Waals surface area contributed by atoms with Gasteiger partial charge in [-0.05, 0) is 58.0 Å². The van der Waals surface area contributed by atoms with Gasteiger partial charge in [0.2, 0.25) is 5.75 Å². The number of allylic oxidation sites excluding steroid dienone is 1. The van der Waals surface area contributed by atoms with E-state index >= 15 is 0 Å². The van der Waals surface area contributed by atoms with Crippen LogP contribution in [0.4, 0.5) is 5.69 Å². The summed E-state index contributed by atoms with van der Waals surface area (Å²) in [4.78, 5) is 25.6. The summed E-state index contributed by atoms with van der Waals surface area (Å²) < 4.78 is 11.1. The summed E-state index contributed by atoms with van der Waals surface area (Å²) in [5.74, 6) is 0.222. The highest BCUT2D eigenvalue weighted by atomic mass is 32.1. The van der Waals surface area contributed by atoms with Crippen LogP contribution >= 0.6 is 12.2 Å². The zero-order valence-corrected chi connectivity index (χ0v) is 18.2. The minimum Gasteiger partial charge on any atom is -0.490 e. The van der Waals surface area contributed by atoms with E-state index in [0.717, 1.165) is 12.1 Å². The van der Waals surface area contributed by atoms with E-state index in [9.17, 15) is 14.9 Å². The first kappa shape index (κ1) is 22.6. The van der Waals surface area contributed by atoms with Crippen LogP contribution in [-0.4, -0.2) is 40.5 Å². The smallest absolute Gasteiger partial charge is 0.315 e. The van der Waals surface area contributed by atoms with E-state index in [0.29, 0.717) is 29.4 Å². The van der Waals surface area contributed by atoms with E-state index in [1.807, 2.05) is 18.7 Å². The van der Waals surface area contributed by atoms with Crippen molar-refractivity contribution in [1.82, 2.24) is 10.2 Å². The number of nitro benzene ring substituents is 1. The molecule has 8 nitrogen and oxygen atoms in total. The number of carbonyl (C=O) groups excluding carboxylic acids is 1. The number of hydrogen-bond donors (Lipinski definition) is 1. The molecular weight excluding hydrogens is 394 g/mol. The molecule has 1 aromatic rings. The number of carbonyl (C=O) groups is 1. The molecule has 2 rings (SSSR count). The first-order valence-electron chi connectivity index (χ1n) is 9.64. The van der Waals surface area contributed by atoms with Crippen LogP contribution in [0.5, 0.6) is 11.5 Å². The molecule has 0 amide bonds. The van der Waals surface area contributed by atoms with Gasteiger partial charge >= 0.3 is 5.69 Å². The van der Waals surface area contributed by atoms with Gasteiger partial charge in [-0.1, -0.05) is 6.92 Å². The maximum atomic E-state index is 12.5. The topological polar surface area (TPSA) is 93.9 Å².